The summed E-state index contributed by atoms with van der Waals surface area (Å²) in [4.78, 5) is 15.0. The molecule has 62 valence electrons. The first-order chi connectivity index (χ1) is 5.79. The summed E-state index contributed by atoms with van der Waals surface area (Å²) in [6.45, 7) is 0. The van der Waals surface area contributed by atoms with Crippen molar-refractivity contribution in [1.82, 2.24) is 4.98 Å². The molecule has 0 saturated carbocycles. The molecule has 1 aromatic rings. The third-order valence-corrected chi connectivity index (χ3v) is 2.36. The average Bonchev–Trinajstić information content (AvgIpc) is 2.47. The molecule has 12 heavy (non-hydrogen) atoms. The Kier molecular flexibility index (Phi) is 1.57. The lowest BCUT2D eigenvalue weighted by Crippen LogP contribution is -2.19. The van der Waals surface area contributed by atoms with Gasteiger partial charge in [0.2, 0.25) is 5.91 Å². The minimum Gasteiger partial charge on any atom is -0.369 e. The van der Waals surface area contributed by atoms with Crippen LogP contribution in [-0.2, 0) is 11.2 Å². The second-order valence-electron chi connectivity index (χ2n) is 3.07. The van der Waals surface area contributed by atoms with E-state index in [0.717, 1.165) is 18.4 Å². The highest BCUT2D eigenvalue weighted by Gasteiger charge is 2.26. The van der Waals surface area contributed by atoms with Gasteiger partial charge in [-0.1, -0.05) is 0 Å². The molecule has 2 N–H and O–H groups in total. The molecule has 3 heteroatoms. The maximum atomic E-state index is 11.0. The summed E-state index contributed by atoms with van der Waals surface area (Å²) >= 11 is 0. The lowest BCUT2D eigenvalue weighted by atomic mass is 10.0. The number of aromatic nitrogens is 1. The Morgan fingerprint density at radius 2 is 2.50 bits per heavy atom. The van der Waals surface area contributed by atoms with Gasteiger partial charge in [-0.15, -0.1) is 0 Å². The summed E-state index contributed by atoms with van der Waals surface area (Å²) in [5.41, 5.74) is 7.49. The number of carbonyl (C=O) groups excluding carboxylic acids is 1. The fourth-order valence-electron chi connectivity index (χ4n) is 1.74. The monoisotopic (exact) mass is 162 g/mol. The number of fused-ring (bicyclic) bond motifs is 1. The second-order valence-corrected chi connectivity index (χ2v) is 3.07. The van der Waals surface area contributed by atoms with E-state index in [1.54, 1.807) is 6.20 Å². The second kappa shape index (κ2) is 2.59. The van der Waals surface area contributed by atoms with Crippen LogP contribution < -0.4 is 5.73 Å². The standard InChI is InChI=1S/C9H10N2O/c10-9(12)8-2-1-6-5-11-4-3-7(6)8/h3-5,8H,1-2H2,(H2,10,12). The molecular weight excluding hydrogens is 152 g/mol. The lowest BCUT2D eigenvalue weighted by molar-refractivity contribution is -0.119. The molecule has 0 bridgehead atoms. The zero-order chi connectivity index (χ0) is 8.55. The first-order valence-electron chi connectivity index (χ1n) is 4.01. The van der Waals surface area contributed by atoms with Gasteiger partial charge in [0.05, 0.1) is 5.92 Å². The van der Waals surface area contributed by atoms with Crippen molar-refractivity contribution in [2.75, 3.05) is 0 Å². The van der Waals surface area contributed by atoms with Crippen molar-refractivity contribution in [3.05, 3.63) is 29.6 Å². The van der Waals surface area contributed by atoms with Crippen LogP contribution in [0.4, 0.5) is 0 Å². The Labute approximate surface area is 70.6 Å². The number of nitrogens with two attached hydrogens (primary N) is 1. The topological polar surface area (TPSA) is 56.0 Å². The quantitative estimate of drug-likeness (QED) is 0.657. The fourth-order valence-corrected chi connectivity index (χ4v) is 1.74. The molecule has 0 fully saturated rings. The minimum atomic E-state index is -0.222. The van der Waals surface area contributed by atoms with Crippen LogP contribution in [0, 0.1) is 0 Å². The van der Waals surface area contributed by atoms with Gasteiger partial charge in [0.1, 0.15) is 0 Å². The molecule has 1 aliphatic rings. The number of hydrogen-bond acceptors (Lipinski definition) is 2. The maximum Gasteiger partial charge on any atom is 0.224 e. The van der Waals surface area contributed by atoms with Gasteiger partial charge >= 0.3 is 0 Å². The van der Waals surface area contributed by atoms with Gasteiger partial charge in [0.25, 0.3) is 0 Å². The molecule has 0 aromatic carbocycles. The number of aryl methyl sites for hydroxylation is 1. The summed E-state index contributed by atoms with van der Waals surface area (Å²) < 4.78 is 0. The highest BCUT2D eigenvalue weighted by atomic mass is 16.1. The van der Waals surface area contributed by atoms with E-state index >= 15 is 0 Å². The number of hydrogen-bond donors (Lipinski definition) is 1. The van der Waals surface area contributed by atoms with E-state index in [0.29, 0.717) is 0 Å². The number of carbonyl (C=O) groups is 1. The Morgan fingerprint density at radius 1 is 1.67 bits per heavy atom. The molecule has 0 spiro atoms. The maximum absolute atomic E-state index is 11.0. The van der Waals surface area contributed by atoms with Crippen LogP contribution in [0.5, 0.6) is 0 Å². The van der Waals surface area contributed by atoms with Gasteiger partial charge in [-0.2, -0.15) is 0 Å². The fraction of sp³-hybridized carbons (Fsp3) is 0.333. The van der Waals surface area contributed by atoms with Gasteiger partial charge in [-0.3, -0.25) is 9.78 Å². The SMILES string of the molecule is NC(=O)C1CCc2cnccc21. The molecule has 2 rings (SSSR count). The first kappa shape index (κ1) is 7.28. The Bertz CT molecular complexity index is 322. The van der Waals surface area contributed by atoms with Crippen molar-refractivity contribution in [2.24, 2.45) is 5.73 Å². The summed E-state index contributed by atoms with van der Waals surface area (Å²) in [5.74, 6) is -0.303. The van der Waals surface area contributed by atoms with Gasteiger partial charge in [-0.25, -0.2) is 0 Å². The largest absolute Gasteiger partial charge is 0.369 e. The van der Waals surface area contributed by atoms with Gasteiger partial charge in [0, 0.05) is 12.4 Å². The summed E-state index contributed by atoms with van der Waals surface area (Å²) in [5, 5.41) is 0. The number of rotatable bonds is 1. The van der Waals surface area contributed by atoms with Crippen LogP contribution in [0.1, 0.15) is 23.5 Å². The molecule has 1 atom stereocenters. The molecule has 1 aromatic heterocycles. The number of primary amides is 1. The van der Waals surface area contributed by atoms with Crippen molar-refractivity contribution < 1.29 is 4.79 Å². The Balaban J connectivity index is 2.42. The lowest BCUT2D eigenvalue weighted by Gasteiger charge is -2.04. The van der Waals surface area contributed by atoms with Crippen molar-refractivity contribution in [1.29, 1.82) is 0 Å². The van der Waals surface area contributed by atoms with Crippen LogP contribution in [0.25, 0.3) is 0 Å². The molecular formula is C9H10N2O. The Hall–Kier alpha value is -1.38. The molecule has 0 aliphatic heterocycles. The zero-order valence-corrected chi connectivity index (χ0v) is 6.66. The number of nitrogens with zero attached hydrogens (tertiary/aromatic N) is 1. The van der Waals surface area contributed by atoms with Gasteiger partial charge in [-0.05, 0) is 30.0 Å². The predicted octanol–water partition coefficient (Wildman–Crippen LogP) is 0.597. The van der Waals surface area contributed by atoms with Crippen LogP contribution in [-0.4, -0.2) is 10.9 Å². The summed E-state index contributed by atoms with van der Waals surface area (Å²) in [6.07, 6.45) is 5.30. The normalized spacial score (nSPS) is 20.5. The zero-order valence-electron chi connectivity index (χ0n) is 6.66. The summed E-state index contributed by atoms with van der Waals surface area (Å²) in [6, 6.07) is 1.89. The van der Waals surface area contributed by atoms with Crippen LogP contribution >= 0.6 is 0 Å². The molecule has 1 heterocycles. The van der Waals surface area contributed by atoms with E-state index in [9.17, 15) is 4.79 Å². The molecule has 1 unspecified atom stereocenters. The van der Waals surface area contributed by atoms with E-state index < -0.39 is 0 Å². The first-order valence-corrected chi connectivity index (χ1v) is 4.01. The molecule has 1 aliphatic carbocycles. The number of pyridine rings is 1. The van der Waals surface area contributed by atoms with Crippen molar-refractivity contribution in [3.63, 3.8) is 0 Å². The third-order valence-electron chi connectivity index (χ3n) is 2.36. The van der Waals surface area contributed by atoms with E-state index in [4.69, 9.17) is 5.73 Å². The van der Waals surface area contributed by atoms with Crippen molar-refractivity contribution >= 4 is 5.91 Å². The van der Waals surface area contributed by atoms with Crippen LogP contribution in [0.15, 0.2) is 18.5 Å². The van der Waals surface area contributed by atoms with E-state index in [1.165, 1.54) is 5.56 Å². The van der Waals surface area contributed by atoms with Crippen molar-refractivity contribution in [3.8, 4) is 0 Å². The minimum absolute atomic E-state index is 0.0806. The van der Waals surface area contributed by atoms with Gasteiger partial charge < -0.3 is 5.73 Å². The summed E-state index contributed by atoms with van der Waals surface area (Å²) in [7, 11) is 0. The smallest absolute Gasteiger partial charge is 0.224 e. The van der Waals surface area contributed by atoms with Crippen LogP contribution in [0.2, 0.25) is 0 Å². The van der Waals surface area contributed by atoms with Gasteiger partial charge in [0.15, 0.2) is 0 Å². The third kappa shape index (κ3) is 0.978. The predicted molar refractivity (Wildman–Crippen MR) is 44.5 cm³/mol. The average molecular weight is 162 g/mol. The van der Waals surface area contributed by atoms with Crippen LogP contribution in [0.3, 0.4) is 0 Å². The highest BCUT2D eigenvalue weighted by molar-refractivity contribution is 5.83. The van der Waals surface area contributed by atoms with Crippen molar-refractivity contribution in [2.45, 2.75) is 18.8 Å². The molecule has 0 radical (unpaired) electrons. The molecule has 1 amide bonds. The van der Waals surface area contributed by atoms with E-state index in [2.05, 4.69) is 4.98 Å². The van der Waals surface area contributed by atoms with E-state index in [-0.39, 0.29) is 11.8 Å². The van der Waals surface area contributed by atoms with E-state index in [1.807, 2.05) is 12.3 Å². The molecule has 3 nitrogen and oxygen atoms in total. The Morgan fingerprint density at radius 3 is 3.25 bits per heavy atom. The molecule has 0 saturated heterocycles. The highest BCUT2D eigenvalue weighted by Crippen LogP contribution is 2.31. The number of amides is 1.